The molecule has 0 aromatic rings. The van der Waals surface area contributed by atoms with Crippen LogP contribution in [0.2, 0.25) is 0 Å². The lowest BCUT2D eigenvalue weighted by molar-refractivity contribution is -0.441. The quantitative estimate of drug-likeness (QED) is 0.103. The van der Waals surface area contributed by atoms with Crippen LogP contribution >= 0.6 is 7.82 Å². The summed E-state index contributed by atoms with van der Waals surface area (Å²) in [6.45, 7) is 0.411. The molecule has 11 heteroatoms. The van der Waals surface area contributed by atoms with Gasteiger partial charge in [0, 0.05) is 6.42 Å². The molecule has 3 atom stereocenters. The van der Waals surface area contributed by atoms with Crippen molar-refractivity contribution in [3.8, 4) is 0 Å². The number of rotatable bonds is 25. The van der Waals surface area contributed by atoms with Gasteiger partial charge >= 0.3 is 5.97 Å². The number of hydrogen-bond donors (Lipinski definition) is 2. The standard InChI is InChI=1S/C24H48NO9P/c1-2-3-4-5-6-7-8-9-10-11-12-13-14-15-16-17-23(27)32-18-21(26)19-33-35(30,31)34-20-22(25)24(28)29/h21-22,26H,2-20,25H2,1H3,(H,28,29)(H,30,31)/p-1/t21-,22+/m1/s1. The summed E-state index contributed by atoms with van der Waals surface area (Å²) in [4.78, 5) is 33.7. The van der Waals surface area contributed by atoms with Crippen molar-refractivity contribution < 1.29 is 48.8 Å². The number of carboxylic acids is 1. The summed E-state index contributed by atoms with van der Waals surface area (Å²) in [5.41, 5.74) is 3.15. The number of phosphoric acid groups is 1. The lowest BCUT2D eigenvalue weighted by Gasteiger charge is -2.24. The Kier molecular flexibility index (Phi) is 21.5. The van der Waals surface area contributed by atoms with Crippen LogP contribution in [-0.2, 0) is 27.9 Å². The van der Waals surface area contributed by atoms with Gasteiger partial charge in [-0.05, 0) is 6.42 Å². The topological polar surface area (TPSA) is 173 Å². The third-order valence-electron chi connectivity index (χ3n) is 5.61. The van der Waals surface area contributed by atoms with Crippen molar-refractivity contribution in [2.24, 2.45) is 0 Å². The highest BCUT2D eigenvalue weighted by atomic mass is 31.2. The molecule has 0 aromatic heterocycles. The minimum Gasteiger partial charge on any atom is -0.756 e. The Balaban J connectivity index is 3.55. The van der Waals surface area contributed by atoms with Crippen LogP contribution in [0.5, 0.6) is 0 Å². The molecular formula is C24H47NO9P-. The van der Waals surface area contributed by atoms with Crippen LogP contribution < -0.4 is 15.7 Å². The maximum absolute atomic E-state index is 11.7. The van der Waals surface area contributed by atoms with Crippen LogP contribution in [0.3, 0.4) is 0 Å². The summed E-state index contributed by atoms with van der Waals surface area (Å²) in [7, 11) is -4.82. The number of quaternary nitrogens is 1. The fourth-order valence-electron chi connectivity index (χ4n) is 3.41. The normalized spacial score (nSPS) is 14.9. The summed E-state index contributed by atoms with van der Waals surface area (Å²) in [5.74, 6) is -2.03. The Bertz CT molecular complexity index is 591. The van der Waals surface area contributed by atoms with E-state index >= 15 is 0 Å². The average Bonchev–Trinajstić information content (AvgIpc) is 2.82. The van der Waals surface area contributed by atoms with Crippen LogP contribution in [0.25, 0.3) is 0 Å². The van der Waals surface area contributed by atoms with Gasteiger partial charge in [-0.1, -0.05) is 96.8 Å². The molecule has 0 spiro atoms. The molecule has 0 aromatic carbocycles. The number of aliphatic hydroxyl groups is 1. The van der Waals surface area contributed by atoms with Crippen molar-refractivity contribution in [3.63, 3.8) is 0 Å². The lowest BCUT2D eigenvalue weighted by atomic mass is 10.0. The first-order chi connectivity index (χ1) is 16.7. The zero-order valence-corrected chi connectivity index (χ0v) is 22.4. The first-order valence-corrected chi connectivity index (χ1v) is 14.6. The fourth-order valence-corrected chi connectivity index (χ4v) is 4.21. The molecule has 0 heterocycles. The molecule has 208 valence electrons. The van der Waals surface area contributed by atoms with E-state index in [2.05, 4.69) is 21.7 Å². The number of hydrogen-bond acceptors (Lipinski definition) is 9. The molecule has 10 nitrogen and oxygen atoms in total. The van der Waals surface area contributed by atoms with Gasteiger partial charge in [0.15, 0.2) is 0 Å². The highest BCUT2D eigenvalue weighted by Gasteiger charge is 2.18. The monoisotopic (exact) mass is 524 g/mol. The van der Waals surface area contributed by atoms with E-state index in [0.29, 0.717) is 6.42 Å². The smallest absolute Gasteiger partial charge is 0.305 e. The highest BCUT2D eigenvalue weighted by molar-refractivity contribution is 7.45. The summed E-state index contributed by atoms with van der Waals surface area (Å²) >= 11 is 0. The van der Waals surface area contributed by atoms with Crippen molar-refractivity contribution in [1.29, 1.82) is 0 Å². The van der Waals surface area contributed by atoms with E-state index in [9.17, 15) is 29.3 Å². The van der Waals surface area contributed by atoms with E-state index in [4.69, 9.17) is 4.74 Å². The number of unbranched alkanes of at least 4 members (excludes halogenated alkanes) is 14. The molecule has 0 radical (unpaired) electrons. The second kappa shape index (κ2) is 22.2. The van der Waals surface area contributed by atoms with Crippen molar-refractivity contribution in [2.45, 2.75) is 122 Å². The number of ether oxygens (including phenoxy) is 1. The predicted molar refractivity (Wildman–Crippen MR) is 128 cm³/mol. The third-order valence-corrected chi connectivity index (χ3v) is 6.54. The van der Waals surface area contributed by atoms with Gasteiger partial charge in [0.05, 0.1) is 6.61 Å². The lowest BCUT2D eigenvalue weighted by Crippen LogP contribution is -2.70. The van der Waals surface area contributed by atoms with Gasteiger partial charge in [-0.2, -0.15) is 0 Å². The van der Waals surface area contributed by atoms with Gasteiger partial charge in [-0.3, -0.25) is 9.36 Å². The molecule has 0 aliphatic heterocycles. The molecule has 4 N–H and O–H groups in total. The SMILES string of the molecule is CCCCCCCCCCCCCCCCCC(=O)OC[C@@H](O)COP(=O)([O-])OC[C@H]([NH3+])C(=O)[O-]. The first-order valence-electron chi connectivity index (χ1n) is 13.2. The number of carbonyl (C=O) groups excluding carboxylic acids is 2. The number of carboxylic acid groups (broad SMARTS) is 1. The van der Waals surface area contributed by atoms with Gasteiger partial charge in [0.25, 0.3) is 7.82 Å². The summed E-state index contributed by atoms with van der Waals surface area (Å²) in [5, 5.41) is 20.2. The molecule has 0 saturated carbocycles. The zero-order valence-electron chi connectivity index (χ0n) is 21.5. The molecule has 0 bridgehead atoms. The number of aliphatic hydroxyl groups excluding tert-OH is 1. The van der Waals surface area contributed by atoms with Gasteiger partial charge in [0.2, 0.25) is 0 Å². The number of phosphoric ester groups is 1. The number of aliphatic carboxylic acids is 1. The van der Waals surface area contributed by atoms with E-state index in [1.807, 2.05) is 0 Å². The Morgan fingerprint density at radius 1 is 0.800 bits per heavy atom. The van der Waals surface area contributed by atoms with Crippen LogP contribution in [0.15, 0.2) is 0 Å². The van der Waals surface area contributed by atoms with Crippen molar-refractivity contribution in [3.05, 3.63) is 0 Å². The van der Waals surface area contributed by atoms with Crippen molar-refractivity contribution in [2.75, 3.05) is 19.8 Å². The van der Waals surface area contributed by atoms with Crippen LogP contribution in [0.4, 0.5) is 0 Å². The zero-order chi connectivity index (χ0) is 26.4. The average molecular weight is 525 g/mol. The van der Waals surface area contributed by atoms with E-state index in [1.165, 1.54) is 70.6 Å². The van der Waals surface area contributed by atoms with Crippen LogP contribution in [0, 0.1) is 0 Å². The fraction of sp³-hybridized carbons (Fsp3) is 0.917. The van der Waals surface area contributed by atoms with E-state index in [1.54, 1.807) is 0 Å². The van der Waals surface area contributed by atoms with E-state index < -0.39 is 51.7 Å². The van der Waals surface area contributed by atoms with Crippen molar-refractivity contribution >= 4 is 19.8 Å². The molecule has 0 aliphatic carbocycles. The minimum atomic E-state index is -4.82. The molecule has 0 saturated heterocycles. The molecule has 0 fully saturated rings. The molecule has 35 heavy (non-hydrogen) atoms. The van der Waals surface area contributed by atoms with E-state index in [0.717, 1.165) is 19.3 Å². The largest absolute Gasteiger partial charge is 0.756 e. The summed E-state index contributed by atoms with van der Waals surface area (Å²) in [6, 6.07) is -1.38. The maximum atomic E-state index is 11.7. The van der Waals surface area contributed by atoms with Crippen LogP contribution in [-0.4, -0.2) is 49.0 Å². The Hall–Kier alpha value is -1.03. The second-order valence-electron chi connectivity index (χ2n) is 9.09. The Morgan fingerprint density at radius 3 is 1.69 bits per heavy atom. The Labute approximate surface area is 210 Å². The predicted octanol–water partition coefficient (Wildman–Crippen LogP) is 2.01. The van der Waals surface area contributed by atoms with Gasteiger partial charge < -0.3 is 39.4 Å². The Morgan fingerprint density at radius 2 is 1.23 bits per heavy atom. The molecule has 0 amide bonds. The third kappa shape index (κ3) is 23.1. The molecule has 0 aliphatic rings. The van der Waals surface area contributed by atoms with Gasteiger partial charge in [-0.15, -0.1) is 0 Å². The van der Waals surface area contributed by atoms with Crippen LogP contribution in [0.1, 0.15) is 110 Å². The molecule has 1 unspecified atom stereocenters. The van der Waals surface area contributed by atoms with E-state index in [-0.39, 0.29) is 6.42 Å². The van der Waals surface area contributed by atoms with Crippen molar-refractivity contribution in [1.82, 2.24) is 0 Å². The minimum absolute atomic E-state index is 0.239. The maximum Gasteiger partial charge on any atom is 0.305 e. The second-order valence-corrected chi connectivity index (χ2v) is 10.5. The molecule has 0 rings (SSSR count). The van der Waals surface area contributed by atoms with Gasteiger partial charge in [0.1, 0.15) is 31.3 Å². The number of carbonyl (C=O) groups is 2. The summed E-state index contributed by atoms with van der Waals surface area (Å²) in [6.07, 6.45) is 17.4. The molecular weight excluding hydrogens is 477 g/mol. The summed E-state index contributed by atoms with van der Waals surface area (Å²) < 4.78 is 25.2. The first kappa shape index (κ1) is 34.0. The number of esters is 1. The van der Waals surface area contributed by atoms with Gasteiger partial charge in [-0.25, -0.2) is 0 Å². The highest BCUT2D eigenvalue weighted by Crippen LogP contribution is 2.38.